The quantitative estimate of drug-likeness (QED) is 0.431. The number of nitrogens with zero attached hydrogens (tertiary/aromatic N) is 4. The topological polar surface area (TPSA) is 77.7 Å². The zero-order valence-corrected chi connectivity index (χ0v) is 17.1. The molecule has 1 aliphatic rings. The molecule has 1 amide bonds. The Labute approximate surface area is 188 Å². The third-order valence-corrected chi connectivity index (χ3v) is 5.37. The lowest BCUT2D eigenvalue weighted by Crippen LogP contribution is -2.40. The smallest absolute Gasteiger partial charge is 0.254 e. The van der Waals surface area contributed by atoms with Crippen molar-refractivity contribution in [2.75, 3.05) is 18.8 Å². The first-order valence-electron chi connectivity index (χ1n) is 10.1. The maximum atomic E-state index is 12.0. The Morgan fingerprint density at radius 2 is 1.88 bits per heavy atom. The summed E-state index contributed by atoms with van der Waals surface area (Å²) in [4.78, 5) is 17.4. The number of para-hydroxylation sites is 1. The van der Waals surface area contributed by atoms with Gasteiger partial charge in [0.25, 0.3) is 5.69 Å². The molecule has 7 nitrogen and oxygen atoms in total. The largest absolute Gasteiger partial charge is 0.457 e. The van der Waals surface area contributed by atoms with Gasteiger partial charge in [0.2, 0.25) is 5.91 Å². The minimum Gasteiger partial charge on any atom is -0.457 e. The number of hydrogen-bond acceptors (Lipinski definition) is 4. The second-order valence-electron chi connectivity index (χ2n) is 7.36. The monoisotopic (exact) mass is 429 g/mol. The molecular weight excluding hydrogens is 402 g/mol. The minimum atomic E-state index is -0.102. The number of aromatic nitrogens is 2. The lowest BCUT2D eigenvalue weighted by Gasteiger charge is -2.32. The van der Waals surface area contributed by atoms with E-state index in [0.29, 0.717) is 36.0 Å². The summed E-state index contributed by atoms with van der Waals surface area (Å²) in [5, 5.41) is 4.68. The number of carbonyl (C=O) groups excluding carboxylic acids is 1. The summed E-state index contributed by atoms with van der Waals surface area (Å²) >= 11 is 0. The molecule has 1 aromatic heterocycles. The van der Waals surface area contributed by atoms with Crippen LogP contribution in [0.5, 0.6) is 11.5 Å². The number of carbonyl (C=O) groups is 1. The number of hydrogen-bond donors (Lipinski definition) is 1. The molecule has 1 atom stereocenters. The Kier molecular flexibility index (Phi) is 6.96. The van der Waals surface area contributed by atoms with Crippen LogP contribution in [-0.2, 0) is 4.79 Å². The summed E-state index contributed by atoms with van der Waals surface area (Å²) in [7, 11) is 0. The van der Waals surface area contributed by atoms with Gasteiger partial charge >= 0.3 is 0 Å². The Morgan fingerprint density at radius 1 is 1.19 bits per heavy atom. The van der Waals surface area contributed by atoms with Gasteiger partial charge in [0.1, 0.15) is 23.0 Å². The van der Waals surface area contributed by atoms with Crippen LogP contribution < -0.4 is 10.5 Å². The minimum absolute atomic E-state index is 0. The average Bonchev–Trinajstić information content (AvgIpc) is 3.16. The van der Waals surface area contributed by atoms with E-state index in [4.69, 9.17) is 17.0 Å². The zero-order valence-electron chi connectivity index (χ0n) is 17.1. The van der Waals surface area contributed by atoms with Crippen LogP contribution in [0.1, 0.15) is 26.3 Å². The van der Waals surface area contributed by atoms with Gasteiger partial charge in [-0.15, -0.1) is 0 Å². The molecule has 0 saturated carbocycles. The first kappa shape index (κ1) is 22.6. The molecule has 0 aliphatic carbocycles. The third kappa shape index (κ3) is 4.49. The highest BCUT2D eigenvalue weighted by Crippen LogP contribution is 2.38. The van der Waals surface area contributed by atoms with E-state index in [1.165, 1.54) is 6.08 Å². The van der Waals surface area contributed by atoms with E-state index < -0.39 is 0 Å². The molecule has 0 spiro atoms. The summed E-state index contributed by atoms with van der Waals surface area (Å²) in [6.45, 7) is 12.4. The van der Waals surface area contributed by atoms with Crippen molar-refractivity contribution >= 4 is 17.4 Å². The average molecular weight is 430 g/mol. The number of nitrogen functional groups attached to an aromatic ring is 1. The van der Waals surface area contributed by atoms with Crippen molar-refractivity contribution in [1.29, 1.82) is 0 Å². The van der Waals surface area contributed by atoms with Crippen LogP contribution in [0.3, 0.4) is 0 Å². The van der Waals surface area contributed by atoms with Gasteiger partial charge < -0.3 is 15.4 Å². The maximum absolute atomic E-state index is 12.0. The molecule has 1 fully saturated rings. The van der Waals surface area contributed by atoms with Gasteiger partial charge in [0.05, 0.1) is 12.6 Å². The summed E-state index contributed by atoms with van der Waals surface area (Å²) in [5.41, 5.74) is 7.95. The molecular formula is C25H27N5O2. The molecule has 2 heterocycles. The highest BCUT2D eigenvalue weighted by Gasteiger charge is 2.28. The van der Waals surface area contributed by atoms with Gasteiger partial charge in [0.15, 0.2) is 0 Å². The van der Waals surface area contributed by atoms with Crippen LogP contribution in [0.2, 0.25) is 0 Å². The Hall–Kier alpha value is -4.05. The molecule has 2 N–H and O–H groups in total. The highest BCUT2D eigenvalue weighted by atomic mass is 16.5. The molecule has 7 heteroatoms. The van der Waals surface area contributed by atoms with Crippen molar-refractivity contribution in [1.82, 2.24) is 14.7 Å². The summed E-state index contributed by atoms with van der Waals surface area (Å²) < 4.78 is 7.53. The molecule has 164 valence electrons. The molecule has 1 aliphatic heterocycles. The number of amides is 1. The van der Waals surface area contributed by atoms with Crippen LogP contribution in [-0.4, -0.2) is 33.7 Å². The van der Waals surface area contributed by atoms with E-state index in [1.807, 2.05) is 54.6 Å². The zero-order chi connectivity index (χ0) is 21.8. The van der Waals surface area contributed by atoms with E-state index in [1.54, 1.807) is 9.58 Å². The van der Waals surface area contributed by atoms with E-state index in [-0.39, 0.29) is 19.4 Å². The van der Waals surface area contributed by atoms with Crippen molar-refractivity contribution in [3.8, 4) is 22.8 Å². The summed E-state index contributed by atoms with van der Waals surface area (Å²) in [5.74, 6) is 1.67. The van der Waals surface area contributed by atoms with E-state index in [0.717, 1.165) is 24.2 Å². The molecule has 0 bridgehead atoms. The molecule has 2 aromatic carbocycles. The fourth-order valence-corrected chi connectivity index (χ4v) is 3.81. The predicted molar refractivity (Wildman–Crippen MR) is 127 cm³/mol. The number of ether oxygens (including phenoxy) is 1. The van der Waals surface area contributed by atoms with Crippen molar-refractivity contribution in [2.45, 2.75) is 26.3 Å². The lowest BCUT2D eigenvalue weighted by atomic mass is 10.1. The molecule has 1 saturated heterocycles. The van der Waals surface area contributed by atoms with Gasteiger partial charge in [-0.05, 0) is 48.7 Å². The van der Waals surface area contributed by atoms with Crippen molar-refractivity contribution < 1.29 is 9.53 Å². The molecule has 4 rings (SSSR count). The van der Waals surface area contributed by atoms with Crippen LogP contribution >= 0.6 is 0 Å². The number of piperidine rings is 1. The number of nitrogens with two attached hydrogens (primary N) is 1. The predicted octanol–water partition coefficient (Wildman–Crippen LogP) is 5.46. The van der Waals surface area contributed by atoms with Crippen LogP contribution in [0.25, 0.3) is 16.1 Å². The van der Waals surface area contributed by atoms with Crippen LogP contribution in [0, 0.1) is 6.57 Å². The molecule has 0 radical (unpaired) electrons. The number of rotatable bonds is 5. The normalized spacial score (nSPS) is 15.3. The fraction of sp³-hybridized carbons (Fsp3) is 0.240. The second kappa shape index (κ2) is 9.84. The number of anilines is 1. The van der Waals surface area contributed by atoms with Crippen molar-refractivity contribution in [2.24, 2.45) is 0 Å². The summed E-state index contributed by atoms with van der Waals surface area (Å²) in [6.07, 6.45) is 3.01. The van der Waals surface area contributed by atoms with Crippen molar-refractivity contribution in [3.05, 3.63) is 78.7 Å². The Balaban J connectivity index is 0.00000289. The van der Waals surface area contributed by atoms with Gasteiger partial charge in [0, 0.05) is 13.1 Å². The van der Waals surface area contributed by atoms with E-state index >= 15 is 0 Å². The van der Waals surface area contributed by atoms with E-state index in [2.05, 4.69) is 16.5 Å². The van der Waals surface area contributed by atoms with Gasteiger partial charge in [-0.25, -0.2) is 4.85 Å². The highest BCUT2D eigenvalue weighted by molar-refractivity contribution is 5.87. The van der Waals surface area contributed by atoms with Crippen LogP contribution in [0.4, 0.5) is 11.5 Å². The van der Waals surface area contributed by atoms with Crippen LogP contribution in [0.15, 0.2) is 67.3 Å². The first-order chi connectivity index (χ1) is 15.1. The van der Waals surface area contributed by atoms with Gasteiger partial charge in [-0.3, -0.25) is 9.48 Å². The van der Waals surface area contributed by atoms with Crippen molar-refractivity contribution in [3.63, 3.8) is 0 Å². The SMILES string of the molecule is C.[C-]#[N+]c1c(-c2ccc(Oc3ccccc3)cc2)nn([C@@H]2CCCN(C(=O)C=C)C2)c1N. The van der Waals surface area contributed by atoms with Gasteiger partial charge in [-0.2, -0.15) is 5.10 Å². The second-order valence-corrected chi connectivity index (χ2v) is 7.36. The number of likely N-dealkylation sites (tertiary alicyclic amines) is 1. The van der Waals surface area contributed by atoms with Gasteiger partial charge in [-0.1, -0.05) is 44.3 Å². The maximum Gasteiger partial charge on any atom is 0.254 e. The third-order valence-electron chi connectivity index (χ3n) is 5.37. The molecule has 32 heavy (non-hydrogen) atoms. The lowest BCUT2D eigenvalue weighted by molar-refractivity contribution is -0.127. The molecule has 0 unspecified atom stereocenters. The Morgan fingerprint density at radius 3 is 2.53 bits per heavy atom. The van der Waals surface area contributed by atoms with E-state index in [9.17, 15) is 4.79 Å². The Bertz CT molecular complexity index is 1130. The summed E-state index contributed by atoms with van der Waals surface area (Å²) in [6, 6.07) is 16.9. The standard InChI is InChI=1S/C24H23N5O2.CH4/c1-3-21(30)28-15-7-8-18(16-28)29-24(25)23(26-2)22(27-29)17-11-13-20(14-12-17)31-19-9-5-4-6-10-19;/h3-6,9-14,18H,1,7-8,15-16,25H2;1H4/t18-;/m1./s1. The first-order valence-corrected chi connectivity index (χ1v) is 10.1. The fourth-order valence-electron chi connectivity index (χ4n) is 3.81. The number of benzene rings is 2. The molecule has 3 aromatic rings.